The molecule has 80 valence electrons. The Morgan fingerprint density at radius 1 is 1.43 bits per heavy atom. The summed E-state index contributed by atoms with van der Waals surface area (Å²) in [4.78, 5) is 11.0. The van der Waals surface area contributed by atoms with Crippen molar-refractivity contribution in [3.63, 3.8) is 0 Å². The maximum atomic E-state index is 11.0. The van der Waals surface area contributed by atoms with E-state index in [1.165, 1.54) is 25.7 Å². The molecule has 0 bridgehead atoms. The van der Waals surface area contributed by atoms with E-state index in [1.807, 2.05) is 6.92 Å². The fourth-order valence-electron chi connectivity index (χ4n) is 2.92. The van der Waals surface area contributed by atoms with E-state index in [9.17, 15) is 4.79 Å². The summed E-state index contributed by atoms with van der Waals surface area (Å²) in [5.74, 6) is -0.332. The van der Waals surface area contributed by atoms with Gasteiger partial charge in [0.2, 0.25) is 0 Å². The van der Waals surface area contributed by atoms with Gasteiger partial charge in [0.05, 0.1) is 19.1 Å². The average molecular weight is 198 g/mol. The molecular weight excluding hydrogens is 180 g/mol. The molecule has 1 atom stereocenters. The zero-order valence-corrected chi connectivity index (χ0v) is 8.66. The Bertz CT molecular complexity index is 227. The van der Waals surface area contributed by atoms with E-state index in [0.29, 0.717) is 19.1 Å². The van der Waals surface area contributed by atoms with Crippen LogP contribution in [-0.4, -0.2) is 24.3 Å². The third-order valence-corrected chi connectivity index (χ3v) is 4.14. The minimum absolute atomic E-state index is 0.0394. The maximum Gasteiger partial charge on any atom is 0.306 e. The molecular formula is C11H18O3. The van der Waals surface area contributed by atoms with Crippen LogP contribution in [0.5, 0.6) is 0 Å². The summed E-state index contributed by atoms with van der Waals surface area (Å²) in [7, 11) is 0. The monoisotopic (exact) mass is 198 g/mol. The number of hydrogen-bond acceptors (Lipinski definition) is 2. The first kappa shape index (κ1) is 9.97. The number of carboxylic acids is 1. The van der Waals surface area contributed by atoms with E-state index in [0.717, 1.165) is 0 Å². The fraction of sp³-hybridized carbons (Fsp3) is 0.909. The molecule has 14 heavy (non-hydrogen) atoms. The highest BCUT2D eigenvalue weighted by Gasteiger charge is 2.52. The van der Waals surface area contributed by atoms with Gasteiger partial charge in [0, 0.05) is 5.41 Å². The number of rotatable bonds is 3. The normalized spacial score (nSPS) is 28.4. The molecule has 3 nitrogen and oxygen atoms in total. The van der Waals surface area contributed by atoms with Crippen molar-refractivity contribution in [2.45, 2.75) is 32.6 Å². The van der Waals surface area contributed by atoms with Crippen LogP contribution in [0, 0.1) is 17.3 Å². The van der Waals surface area contributed by atoms with Gasteiger partial charge in [-0.25, -0.2) is 0 Å². The molecule has 0 radical (unpaired) electrons. The first-order valence-electron chi connectivity index (χ1n) is 5.47. The minimum Gasteiger partial charge on any atom is -0.481 e. The highest BCUT2D eigenvalue weighted by atomic mass is 16.5. The molecule has 3 heteroatoms. The van der Waals surface area contributed by atoms with Crippen LogP contribution in [0.2, 0.25) is 0 Å². The molecule has 1 saturated carbocycles. The lowest BCUT2D eigenvalue weighted by molar-refractivity contribution is -0.190. The molecule has 0 aromatic heterocycles. The molecule has 1 aliphatic heterocycles. The lowest BCUT2D eigenvalue weighted by atomic mass is 9.65. The third kappa shape index (κ3) is 1.34. The summed E-state index contributed by atoms with van der Waals surface area (Å²) in [5.41, 5.74) is -0.0394. The second-order valence-corrected chi connectivity index (χ2v) is 4.77. The predicted octanol–water partition coefficient (Wildman–Crippen LogP) is 1.91. The lowest BCUT2D eigenvalue weighted by Gasteiger charge is -2.48. The van der Waals surface area contributed by atoms with Crippen LogP contribution in [0.1, 0.15) is 32.6 Å². The van der Waals surface area contributed by atoms with Crippen LogP contribution in [0.4, 0.5) is 0 Å². The Morgan fingerprint density at radius 2 is 2.00 bits per heavy atom. The van der Waals surface area contributed by atoms with E-state index in [1.54, 1.807) is 0 Å². The summed E-state index contributed by atoms with van der Waals surface area (Å²) in [6, 6.07) is 0. The summed E-state index contributed by atoms with van der Waals surface area (Å²) in [6.45, 7) is 3.15. The first-order valence-corrected chi connectivity index (χ1v) is 5.47. The molecule has 2 aliphatic rings. The molecule has 0 spiro atoms. The SMILES string of the molecule is CC(C(=O)O)C1(C2CCCC2)COC1. The van der Waals surface area contributed by atoms with Crippen molar-refractivity contribution in [1.29, 1.82) is 0 Å². The van der Waals surface area contributed by atoms with Crippen molar-refractivity contribution in [2.75, 3.05) is 13.2 Å². The Hall–Kier alpha value is -0.570. The van der Waals surface area contributed by atoms with E-state index in [4.69, 9.17) is 9.84 Å². The van der Waals surface area contributed by atoms with Crippen LogP contribution in [-0.2, 0) is 9.53 Å². The molecule has 0 aromatic rings. The van der Waals surface area contributed by atoms with E-state index >= 15 is 0 Å². The van der Waals surface area contributed by atoms with Crippen LogP contribution in [0.25, 0.3) is 0 Å². The second kappa shape index (κ2) is 3.54. The number of aliphatic carboxylic acids is 1. The first-order chi connectivity index (χ1) is 6.67. The van der Waals surface area contributed by atoms with Gasteiger partial charge >= 0.3 is 5.97 Å². The summed E-state index contributed by atoms with van der Waals surface area (Å²) in [5, 5.41) is 9.09. The standard InChI is InChI=1S/C11H18O3/c1-8(10(12)13)11(6-14-7-11)9-4-2-3-5-9/h8-9H,2-7H2,1H3,(H,12,13). The van der Waals surface area contributed by atoms with Crippen LogP contribution >= 0.6 is 0 Å². The highest BCUT2D eigenvalue weighted by molar-refractivity contribution is 5.71. The van der Waals surface area contributed by atoms with Gasteiger partial charge < -0.3 is 9.84 Å². The van der Waals surface area contributed by atoms with E-state index in [2.05, 4.69) is 0 Å². The van der Waals surface area contributed by atoms with Crippen LogP contribution < -0.4 is 0 Å². The van der Waals surface area contributed by atoms with Crippen LogP contribution in [0.15, 0.2) is 0 Å². The van der Waals surface area contributed by atoms with Crippen LogP contribution in [0.3, 0.4) is 0 Å². The van der Waals surface area contributed by atoms with Gasteiger partial charge in [0.1, 0.15) is 0 Å². The topological polar surface area (TPSA) is 46.5 Å². The van der Waals surface area contributed by atoms with Crippen molar-refractivity contribution in [3.8, 4) is 0 Å². The van der Waals surface area contributed by atoms with Gasteiger partial charge in [0.15, 0.2) is 0 Å². The smallest absolute Gasteiger partial charge is 0.306 e. The Balaban J connectivity index is 2.11. The third-order valence-electron chi connectivity index (χ3n) is 4.14. The molecule has 1 N–H and O–H groups in total. The van der Waals surface area contributed by atoms with Crippen molar-refractivity contribution >= 4 is 5.97 Å². The Kier molecular flexibility index (Phi) is 2.52. The molecule has 1 unspecified atom stereocenters. The maximum absolute atomic E-state index is 11.0. The predicted molar refractivity (Wildman–Crippen MR) is 52.0 cm³/mol. The molecule has 0 amide bonds. The number of ether oxygens (including phenoxy) is 1. The van der Waals surface area contributed by atoms with E-state index < -0.39 is 5.97 Å². The van der Waals surface area contributed by atoms with Crippen molar-refractivity contribution in [3.05, 3.63) is 0 Å². The van der Waals surface area contributed by atoms with Crippen molar-refractivity contribution in [1.82, 2.24) is 0 Å². The Morgan fingerprint density at radius 3 is 2.36 bits per heavy atom. The van der Waals surface area contributed by atoms with Gasteiger partial charge in [-0.1, -0.05) is 19.8 Å². The van der Waals surface area contributed by atoms with Gasteiger partial charge in [-0.05, 0) is 18.8 Å². The minimum atomic E-state index is -0.666. The van der Waals surface area contributed by atoms with Gasteiger partial charge in [-0.2, -0.15) is 0 Å². The second-order valence-electron chi connectivity index (χ2n) is 4.77. The number of hydrogen-bond donors (Lipinski definition) is 1. The Labute approximate surface area is 84.4 Å². The summed E-state index contributed by atoms with van der Waals surface area (Å²) < 4.78 is 5.26. The molecule has 2 fully saturated rings. The largest absolute Gasteiger partial charge is 0.481 e. The summed E-state index contributed by atoms with van der Waals surface area (Å²) in [6.07, 6.45) is 4.92. The molecule has 1 heterocycles. The lowest BCUT2D eigenvalue weighted by Crippen LogP contribution is -2.54. The highest BCUT2D eigenvalue weighted by Crippen LogP contribution is 2.49. The van der Waals surface area contributed by atoms with Gasteiger partial charge in [-0.15, -0.1) is 0 Å². The summed E-state index contributed by atoms with van der Waals surface area (Å²) >= 11 is 0. The number of carbonyl (C=O) groups is 1. The fourth-order valence-corrected chi connectivity index (χ4v) is 2.92. The molecule has 1 aliphatic carbocycles. The zero-order chi connectivity index (χ0) is 10.2. The van der Waals surface area contributed by atoms with Crippen molar-refractivity contribution in [2.24, 2.45) is 17.3 Å². The van der Waals surface area contributed by atoms with E-state index in [-0.39, 0.29) is 11.3 Å². The molecule has 1 saturated heterocycles. The van der Waals surface area contributed by atoms with Gasteiger partial charge in [0.25, 0.3) is 0 Å². The number of carboxylic acid groups (broad SMARTS) is 1. The zero-order valence-electron chi connectivity index (χ0n) is 8.66. The van der Waals surface area contributed by atoms with Gasteiger partial charge in [-0.3, -0.25) is 4.79 Å². The molecule has 0 aromatic carbocycles. The van der Waals surface area contributed by atoms with Crippen molar-refractivity contribution < 1.29 is 14.6 Å². The average Bonchev–Trinajstić information content (AvgIpc) is 2.55. The molecule has 2 rings (SSSR count). The quantitative estimate of drug-likeness (QED) is 0.753.